The van der Waals surface area contributed by atoms with Crippen molar-refractivity contribution in [2.24, 2.45) is 0 Å². The molecular formula is C14H20N2O3. The van der Waals surface area contributed by atoms with Gasteiger partial charge in [0.2, 0.25) is 5.91 Å². The van der Waals surface area contributed by atoms with Gasteiger partial charge in [-0.25, -0.2) is 0 Å². The Hall–Kier alpha value is -1.46. The van der Waals surface area contributed by atoms with Crippen molar-refractivity contribution >= 4 is 5.91 Å². The van der Waals surface area contributed by atoms with Crippen molar-refractivity contribution in [2.45, 2.75) is 45.1 Å². The van der Waals surface area contributed by atoms with E-state index in [1.54, 1.807) is 13.1 Å². The van der Waals surface area contributed by atoms with Crippen LogP contribution in [0, 0.1) is 0 Å². The molecule has 5 nitrogen and oxygen atoms in total. The highest BCUT2D eigenvalue weighted by molar-refractivity contribution is 5.80. The second-order valence-electron chi connectivity index (χ2n) is 4.61. The number of nitrogens with zero attached hydrogens (tertiary/aromatic N) is 1. The van der Waals surface area contributed by atoms with E-state index in [2.05, 4.69) is 10.3 Å². The summed E-state index contributed by atoms with van der Waals surface area (Å²) >= 11 is 0. The molecule has 0 bridgehead atoms. The highest BCUT2D eigenvalue weighted by Gasteiger charge is 2.21. The molecule has 1 unspecified atom stereocenters. The molecule has 2 rings (SSSR count). The van der Waals surface area contributed by atoms with Crippen LogP contribution in [0.25, 0.3) is 0 Å². The Morgan fingerprint density at radius 1 is 1.58 bits per heavy atom. The van der Waals surface area contributed by atoms with E-state index < -0.39 is 6.10 Å². The maximum atomic E-state index is 11.9. The van der Waals surface area contributed by atoms with Crippen LogP contribution >= 0.6 is 0 Å². The van der Waals surface area contributed by atoms with Crippen LogP contribution in [0.1, 0.15) is 31.9 Å². The van der Waals surface area contributed by atoms with Gasteiger partial charge in [0.15, 0.2) is 6.29 Å². The Morgan fingerprint density at radius 2 is 2.47 bits per heavy atom. The number of hydrogen-bond acceptors (Lipinski definition) is 4. The minimum atomic E-state index is -0.508. The Labute approximate surface area is 113 Å². The fourth-order valence-corrected chi connectivity index (χ4v) is 1.93. The van der Waals surface area contributed by atoms with Crippen LogP contribution in [0.15, 0.2) is 24.4 Å². The predicted molar refractivity (Wildman–Crippen MR) is 70.2 cm³/mol. The molecular weight excluding hydrogens is 244 g/mol. The third-order valence-electron chi connectivity index (χ3n) is 3.03. The summed E-state index contributed by atoms with van der Waals surface area (Å²) in [4.78, 5) is 16.0. The standard InChI is InChI=1S/C14H20N2O3/c1-11(19-13-7-3-5-9-18-13)14(17)16-10-12-6-2-4-8-15-12/h2,4,6,8,11,13H,3,5,7,9-10H2,1H3,(H,16,17)/t11-,13?/m1/s1. The monoisotopic (exact) mass is 264 g/mol. The summed E-state index contributed by atoms with van der Waals surface area (Å²) in [5.41, 5.74) is 0.831. The molecule has 104 valence electrons. The first kappa shape index (κ1) is 14.0. The first-order chi connectivity index (χ1) is 9.25. The van der Waals surface area contributed by atoms with Crippen molar-refractivity contribution in [3.05, 3.63) is 30.1 Å². The summed E-state index contributed by atoms with van der Waals surface area (Å²) in [6, 6.07) is 5.61. The van der Waals surface area contributed by atoms with Gasteiger partial charge in [-0.3, -0.25) is 9.78 Å². The molecule has 1 aliphatic heterocycles. The van der Waals surface area contributed by atoms with Gasteiger partial charge >= 0.3 is 0 Å². The lowest BCUT2D eigenvalue weighted by atomic mass is 10.2. The maximum absolute atomic E-state index is 11.9. The molecule has 1 aromatic heterocycles. The van der Waals surface area contributed by atoms with E-state index >= 15 is 0 Å². The van der Waals surface area contributed by atoms with Crippen molar-refractivity contribution in [1.29, 1.82) is 0 Å². The van der Waals surface area contributed by atoms with Gasteiger partial charge in [-0.15, -0.1) is 0 Å². The average molecular weight is 264 g/mol. The second kappa shape index (κ2) is 7.21. The number of nitrogens with one attached hydrogen (secondary N) is 1. The van der Waals surface area contributed by atoms with Crippen LogP contribution in [0.3, 0.4) is 0 Å². The zero-order chi connectivity index (χ0) is 13.5. The minimum absolute atomic E-state index is 0.139. The fourth-order valence-electron chi connectivity index (χ4n) is 1.93. The van der Waals surface area contributed by atoms with Crippen LogP contribution in [-0.2, 0) is 20.8 Å². The number of pyridine rings is 1. The fraction of sp³-hybridized carbons (Fsp3) is 0.571. The van der Waals surface area contributed by atoms with E-state index in [-0.39, 0.29) is 12.2 Å². The molecule has 1 N–H and O–H groups in total. The normalized spacial score (nSPS) is 20.8. The molecule has 1 amide bonds. The van der Waals surface area contributed by atoms with Gasteiger partial charge in [0.05, 0.1) is 12.2 Å². The summed E-state index contributed by atoms with van der Waals surface area (Å²) in [5.74, 6) is -0.139. The quantitative estimate of drug-likeness (QED) is 0.878. The number of ether oxygens (including phenoxy) is 2. The zero-order valence-corrected chi connectivity index (χ0v) is 11.2. The Kier molecular flexibility index (Phi) is 5.30. The van der Waals surface area contributed by atoms with E-state index in [4.69, 9.17) is 9.47 Å². The van der Waals surface area contributed by atoms with Crippen LogP contribution in [0.2, 0.25) is 0 Å². The highest BCUT2D eigenvalue weighted by atomic mass is 16.7. The van der Waals surface area contributed by atoms with E-state index in [0.29, 0.717) is 13.2 Å². The minimum Gasteiger partial charge on any atom is -0.353 e. The Bertz CT molecular complexity index is 391. The number of aromatic nitrogens is 1. The third kappa shape index (κ3) is 4.61. The topological polar surface area (TPSA) is 60.5 Å². The summed E-state index contributed by atoms with van der Waals surface area (Å²) in [7, 11) is 0. The average Bonchev–Trinajstić information content (AvgIpc) is 2.47. The summed E-state index contributed by atoms with van der Waals surface area (Å²) in [5, 5.41) is 2.81. The van der Waals surface area contributed by atoms with Crippen molar-refractivity contribution < 1.29 is 14.3 Å². The van der Waals surface area contributed by atoms with Crippen LogP contribution in [-0.4, -0.2) is 29.9 Å². The van der Waals surface area contributed by atoms with Crippen molar-refractivity contribution in [3.63, 3.8) is 0 Å². The number of rotatable bonds is 5. The van der Waals surface area contributed by atoms with E-state index in [1.165, 1.54) is 0 Å². The third-order valence-corrected chi connectivity index (χ3v) is 3.03. The van der Waals surface area contributed by atoms with Gasteiger partial charge in [-0.05, 0) is 38.3 Å². The smallest absolute Gasteiger partial charge is 0.249 e. The number of carbonyl (C=O) groups is 1. The Morgan fingerprint density at radius 3 is 3.16 bits per heavy atom. The second-order valence-corrected chi connectivity index (χ2v) is 4.61. The summed E-state index contributed by atoms with van der Waals surface area (Å²) in [6.07, 6.45) is 3.97. The number of carbonyl (C=O) groups excluding carboxylic acids is 1. The SMILES string of the molecule is C[C@@H](OC1CCCCO1)C(=O)NCc1ccccn1. The van der Waals surface area contributed by atoms with Crippen molar-refractivity contribution in [1.82, 2.24) is 10.3 Å². The Balaban J connectivity index is 1.72. The van der Waals surface area contributed by atoms with Crippen LogP contribution in [0.5, 0.6) is 0 Å². The molecule has 1 fully saturated rings. The largest absolute Gasteiger partial charge is 0.353 e. The van der Waals surface area contributed by atoms with Gasteiger partial charge in [0.25, 0.3) is 0 Å². The van der Waals surface area contributed by atoms with E-state index in [9.17, 15) is 4.79 Å². The number of amides is 1. The zero-order valence-electron chi connectivity index (χ0n) is 11.2. The molecule has 1 aromatic rings. The molecule has 0 aromatic carbocycles. The van der Waals surface area contributed by atoms with Crippen LogP contribution < -0.4 is 5.32 Å². The van der Waals surface area contributed by atoms with Gasteiger partial charge in [0.1, 0.15) is 6.10 Å². The molecule has 19 heavy (non-hydrogen) atoms. The van der Waals surface area contributed by atoms with Crippen molar-refractivity contribution in [2.75, 3.05) is 6.61 Å². The molecule has 1 aliphatic rings. The van der Waals surface area contributed by atoms with Gasteiger partial charge in [0, 0.05) is 12.8 Å². The van der Waals surface area contributed by atoms with Crippen molar-refractivity contribution in [3.8, 4) is 0 Å². The predicted octanol–water partition coefficient (Wildman–Crippen LogP) is 1.63. The first-order valence-electron chi connectivity index (χ1n) is 6.70. The van der Waals surface area contributed by atoms with E-state index in [1.807, 2.05) is 18.2 Å². The highest BCUT2D eigenvalue weighted by Crippen LogP contribution is 2.15. The molecule has 2 atom stereocenters. The first-order valence-corrected chi connectivity index (χ1v) is 6.70. The summed E-state index contributed by atoms with van der Waals surface area (Å²) in [6.45, 7) is 2.87. The van der Waals surface area contributed by atoms with Crippen LogP contribution in [0.4, 0.5) is 0 Å². The lowest BCUT2D eigenvalue weighted by Gasteiger charge is -2.25. The van der Waals surface area contributed by atoms with Gasteiger partial charge in [-0.2, -0.15) is 0 Å². The lowest BCUT2D eigenvalue weighted by Crippen LogP contribution is -2.38. The molecule has 0 radical (unpaired) electrons. The maximum Gasteiger partial charge on any atom is 0.249 e. The summed E-state index contributed by atoms with van der Waals surface area (Å²) < 4.78 is 11.0. The number of hydrogen-bond donors (Lipinski definition) is 1. The molecule has 2 heterocycles. The molecule has 0 spiro atoms. The molecule has 1 saturated heterocycles. The molecule has 0 saturated carbocycles. The molecule has 5 heteroatoms. The van der Waals surface area contributed by atoms with Gasteiger partial charge in [-0.1, -0.05) is 6.07 Å². The molecule has 0 aliphatic carbocycles. The van der Waals surface area contributed by atoms with E-state index in [0.717, 1.165) is 25.0 Å². The van der Waals surface area contributed by atoms with Gasteiger partial charge < -0.3 is 14.8 Å². The lowest BCUT2D eigenvalue weighted by molar-refractivity contribution is -0.189.